The van der Waals surface area contributed by atoms with Crippen LogP contribution >= 0.6 is 0 Å². The molecule has 0 aromatic rings. The lowest BCUT2D eigenvalue weighted by Gasteiger charge is -2.36. The third-order valence-electron chi connectivity index (χ3n) is 3.65. The van der Waals surface area contributed by atoms with Gasteiger partial charge in [-0.3, -0.25) is 4.90 Å². The van der Waals surface area contributed by atoms with Gasteiger partial charge >= 0.3 is 0 Å². The molecule has 1 rings (SSSR count). The van der Waals surface area contributed by atoms with Crippen molar-refractivity contribution in [1.29, 1.82) is 0 Å². The average Bonchev–Trinajstić information content (AvgIpc) is 2.27. The standard InChI is InChI=1S/C13H28N2O2/c1-4-13(16,10-14)6-5-7-15-8-11(2)17-12(3)9-15/h11-12,16H,4-10,14H2,1-3H3/t11-,12+,13?. The molecule has 0 radical (unpaired) electrons. The molecule has 1 heterocycles. The van der Waals surface area contributed by atoms with Gasteiger partial charge in [-0.1, -0.05) is 6.92 Å². The van der Waals surface area contributed by atoms with Crippen LogP contribution in [0.1, 0.15) is 40.0 Å². The fourth-order valence-electron chi connectivity index (χ4n) is 2.52. The molecule has 1 unspecified atom stereocenters. The molecule has 0 aromatic heterocycles. The molecule has 1 aliphatic heterocycles. The minimum atomic E-state index is -0.663. The lowest BCUT2D eigenvalue weighted by molar-refractivity contribution is -0.0696. The Morgan fingerprint density at radius 3 is 2.41 bits per heavy atom. The van der Waals surface area contributed by atoms with E-state index in [-0.39, 0.29) is 0 Å². The summed E-state index contributed by atoms with van der Waals surface area (Å²) in [6.45, 7) is 9.61. The molecule has 1 aliphatic rings. The number of hydrogen-bond donors (Lipinski definition) is 2. The smallest absolute Gasteiger partial charge is 0.0767 e. The highest BCUT2D eigenvalue weighted by atomic mass is 16.5. The monoisotopic (exact) mass is 244 g/mol. The predicted molar refractivity (Wildman–Crippen MR) is 70.0 cm³/mol. The Balaban J connectivity index is 2.26. The highest BCUT2D eigenvalue weighted by Gasteiger charge is 2.25. The summed E-state index contributed by atoms with van der Waals surface area (Å²) in [5.74, 6) is 0. The number of nitrogens with two attached hydrogens (primary N) is 1. The van der Waals surface area contributed by atoms with Crippen molar-refractivity contribution in [3.05, 3.63) is 0 Å². The molecule has 0 saturated carbocycles. The number of morpholine rings is 1. The quantitative estimate of drug-likeness (QED) is 0.731. The summed E-state index contributed by atoms with van der Waals surface area (Å²) in [4.78, 5) is 2.42. The van der Waals surface area contributed by atoms with Crippen molar-refractivity contribution < 1.29 is 9.84 Å². The molecule has 0 amide bonds. The zero-order valence-corrected chi connectivity index (χ0v) is 11.5. The van der Waals surface area contributed by atoms with E-state index in [1.54, 1.807) is 0 Å². The van der Waals surface area contributed by atoms with Crippen LogP contribution in [-0.4, -0.2) is 54.0 Å². The first-order valence-corrected chi connectivity index (χ1v) is 6.79. The van der Waals surface area contributed by atoms with Crippen LogP contribution in [0.25, 0.3) is 0 Å². The number of nitrogens with zero attached hydrogens (tertiary/aromatic N) is 1. The molecule has 102 valence electrons. The summed E-state index contributed by atoms with van der Waals surface area (Å²) in [6, 6.07) is 0. The summed E-state index contributed by atoms with van der Waals surface area (Å²) in [6.07, 6.45) is 3.16. The first kappa shape index (κ1) is 14.9. The van der Waals surface area contributed by atoms with Gasteiger partial charge in [0.2, 0.25) is 0 Å². The van der Waals surface area contributed by atoms with Gasteiger partial charge in [0, 0.05) is 19.6 Å². The molecule has 0 aromatic carbocycles. The predicted octanol–water partition coefficient (Wildman–Crippen LogP) is 0.976. The third-order valence-corrected chi connectivity index (χ3v) is 3.65. The van der Waals surface area contributed by atoms with Gasteiger partial charge in [-0.25, -0.2) is 0 Å². The Morgan fingerprint density at radius 1 is 1.35 bits per heavy atom. The molecule has 3 atom stereocenters. The Hall–Kier alpha value is -0.160. The van der Waals surface area contributed by atoms with Crippen LogP contribution in [0, 0.1) is 0 Å². The summed E-state index contributed by atoms with van der Waals surface area (Å²) >= 11 is 0. The second-order valence-electron chi connectivity index (χ2n) is 5.40. The number of aliphatic hydroxyl groups is 1. The maximum Gasteiger partial charge on any atom is 0.0767 e. The molecule has 0 aliphatic carbocycles. The van der Waals surface area contributed by atoms with Crippen molar-refractivity contribution in [3.63, 3.8) is 0 Å². The largest absolute Gasteiger partial charge is 0.389 e. The van der Waals surface area contributed by atoms with E-state index in [9.17, 15) is 5.11 Å². The molecule has 4 nitrogen and oxygen atoms in total. The molecular weight excluding hydrogens is 216 g/mol. The SMILES string of the molecule is CCC(O)(CN)CCCN1C[C@@H](C)O[C@@H](C)C1. The van der Waals surface area contributed by atoms with E-state index in [1.165, 1.54) is 0 Å². The van der Waals surface area contributed by atoms with Gasteiger partial charge < -0.3 is 15.6 Å². The summed E-state index contributed by atoms with van der Waals surface area (Å²) in [5.41, 5.74) is 4.93. The van der Waals surface area contributed by atoms with E-state index in [2.05, 4.69) is 18.7 Å². The van der Waals surface area contributed by atoms with Crippen LogP contribution < -0.4 is 5.73 Å². The molecule has 0 spiro atoms. The highest BCUT2D eigenvalue weighted by molar-refractivity contribution is 4.79. The van der Waals surface area contributed by atoms with Crippen LogP contribution in [-0.2, 0) is 4.74 Å². The minimum absolute atomic E-state index is 0.318. The van der Waals surface area contributed by atoms with Crippen molar-refractivity contribution >= 4 is 0 Å². The third kappa shape index (κ3) is 4.92. The second-order valence-corrected chi connectivity index (χ2v) is 5.40. The Bertz CT molecular complexity index is 209. The fourth-order valence-corrected chi connectivity index (χ4v) is 2.52. The Morgan fingerprint density at radius 2 is 1.94 bits per heavy atom. The van der Waals surface area contributed by atoms with Crippen molar-refractivity contribution in [3.8, 4) is 0 Å². The minimum Gasteiger partial charge on any atom is -0.389 e. The fraction of sp³-hybridized carbons (Fsp3) is 1.00. The number of rotatable bonds is 6. The zero-order chi connectivity index (χ0) is 12.9. The number of hydrogen-bond acceptors (Lipinski definition) is 4. The molecule has 1 saturated heterocycles. The maximum atomic E-state index is 10.1. The Kier molecular flexibility index (Phi) is 5.86. The highest BCUT2D eigenvalue weighted by Crippen LogP contribution is 2.17. The van der Waals surface area contributed by atoms with Crippen molar-refractivity contribution in [1.82, 2.24) is 4.90 Å². The maximum absolute atomic E-state index is 10.1. The molecular formula is C13H28N2O2. The van der Waals surface area contributed by atoms with Crippen LogP contribution in [0.3, 0.4) is 0 Å². The van der Waals surface area contributed by atoms with E-state index in [4.69, 9.17) is 10.5 Å². The lowest BCUT2D eigenvalue weighted by Crippen LogP contribution is -2.46. The van der Waals surface area contributed by atoms with E-state index >= 15 is 0 Å². The van der Waals surface area contributed by atoms with Crippen molar-refractivity contribution in [2.45, 2.75) is 57.8 Å². The second kappa shape index (κ2) is 6.69. The van der Waals surface area contributed by atoms with Crippen molar-refractivity contribution in [2.75, 3.05) is 26.2 Å². The van der Waals surface area contributed by atoms with Gasteiger partial charge in [0.1, 0.15) is 0 Å². The molecule has 4 heteroatoms. The summed E-state index contributed by atoms with van der Waals surface area (Å²) in [5, 5.41) is 10.1. The molecule has 0 bridgehead atoms. The van der Waals surface area contributed by atoms with Gasteiger partial charge in [-0.05, 0) is 39.7 Å². The average molecular weight is 244 g/mol. The van der Waals surface area contributed by atoms with E-state index in [0.717, 1.165) is 38.9 Å². The summed E-state index contributed by atoms with van der Waals surface area (Å²) in [7, 11) is 0. The first-order chi connectivity index (χ1) is 7.99. The zero-order valence-electron chi connectivity index (χ0n) is 11.5. The van der Waals surface area contributed by atoms with Crippen LogP contribution in [0.4, 0.5) is 0 Å². The Labute approximate surface area is 105 Å². The van der Waals surface area contributed by atoms with Crippen LogP contribution in [0.2, 0.25) is 0 Å². The molecule has 17 heavy (non-hydrogen) atoms. The molecule has 3 N–H and O–H groups in total. The van der Waals surface area contributed by atoms with Crippen LogP contribution in [0.15, 0.2) is 0 Å². The lowest BCUT2D eigenvalue weighted by atomic mass is 9.94. The van der Waals surface area contributed by atoms with Gasteiger partial charge in [0.05, 0.1) is 17.8 Å². The summed E-state index contributed by atoms with van der Waals surface area (Å²) < 4.78 is 5.69. The van der Waals surface area contributed by atoms with Crippen molar-refractivity contribution in [2.24, 2.45) is 5.73 Å². The van der Waals surface area contributed by atoms with E-state index in [1.807, 2.05) is 6.92 Å². The normalized spacial score (nSPS) is 30.2. The number of ether oxygens (including phenoxy) is 1. The molecule has 1 fully saturated rings. The van der Waals surface area contributed by atoms with Crippen LogP contribution in [0.5, 0.6) is 0 Å². The first-order valence-electron chi connectivity index (χ1n) is 6.79. The van der Waals surface area contributed by atoms with Gasteiger partial charge in [0.25, 0.3) is 0 Å². The van der Waals surface area contributed by atoms with Gasteiger partial charge in [-0.15, -0.1) is 0 Å². The van der Waals surface area contributed by atoms with E-state index < -0.39 is 5.60 Å². The van der Waals surface area contributed by atoms with E-state index in [0.29, 0.717) is 18.8 Å². The van der Waals surface area contributed by atoms with Gasteiger partial charge in [-0.2, -0.15) is 0 Å². The topological polar surface area (TPSA) is 58.7 Å². The van der Waals surface area contributed by atoms with Gasteiger partial charge in [0.15, 0.2) is 0 Å².